The SMILES string of the molecule is O=CCC1(CBr)OCCO1. The van der Waals surface area contributed by atoms with Crippen molar-refractivity contribution in [2.45, 2.75) is 12.2 Å². The van der Waals surface area contributed by atoms with E-state index in [1.165, 1.54) is 0 Å². The summed E-state index contributed by atoms with van der Waals surface area (Å²) in [5.74, 6) is -0.665. The summed E-state index contributed by atoms with van der Waals surface area (Å²) in [6.07, 6.45) is 1.12. The summed E-state index contributed by atoms with van der Waals surface area (Å²) in [6, 6.07) is 0. The normalized spacial score (nSPS) is 22.9. The van der Waals surface area contributed by atoms with E-state index < -0.39 is 5.79 Å². The molecule has 0 N–H and O–H groups in total. The Hall–Kier alpha value is 0.0700. The average molecular weight is 209 g/mol. The maximum Gasteiger partial charge on any atom is 0.184 e. The zero-order chi connectivity index (χ0) is 7.45. The Balaban J connectivity index is 2.48. The van der Waals surface area contributed by atoms with Crippen LogP contribution >= 0.6 is 15.9 Å². The molecule has 1 fully saturated rings. The largest absolute Gasteiger partial charge is 0.346 e. The van der Waals surface area contributed by atoms with Crippen LogP contribution in [-0.2, 0) is 14.3 Å². The first kappa shape index (κ1) is 8.17. The highest BCUT2D eigenvalue weighted by molar-refractivity contribution is 9.09. The minimum absolute atomic E-state index is 0.304. The molecule has 0 radical (unpaired) electrons. The number of halogens is 1. The quantitative estimate of drug-likeness (QED) is 0.507. The number of hydrogen-bond acceptors (Lipinski definition) is 3. The van der Waals surface area contributed by atoms with E-state index in [0.717, 1.165) is 6.29 Å². The van der Waals surface area contributed by atoms with Gasteiger partial charge in [0, 0.05) is 0 Å². The number of hydrogen-bond donors (Lipinski definition) is 0. The molecule has 0 spiro atoms. The summed E-state index contributed by atoms with van der Waals surface area (Å²) in [4.78, 5) is 10.1. The molecule has 0 aliphatic carbocycles. The second-order valence-corrected chi connectivity index (χ2v) is 2.67. The van der Waals surface area contributed by atoms with E-state index in [4.69, 9.17) is 9.47 Å². The zero-order valence-electron chi connectivity index (χ0n) is 5.51. The average Bonchev–Trinajstić information content (AvgIpc) is 2.39. The van der Waals surface area contributed by atoms with Gasteiger partial charge >= 0.3 is 0 Å². The molecule has 1 aliphatic heterocycles. The van der Waals surface area contributed by atoms with E-state index in [1.807, 2.05) is 0 Å². The van der Waals surface area contributed by atoms with Gasteiger partial charge in [0.25, 0.3) is 0 Å². The van der Waals surface area contributed by atoms with Crippen molar-refractivity contribution in [3.8, 4) is 0 Å². The van der Waals surface area contributed by atoms with Crippen LogP contribution in [0.2, 0.25) is 0 Å². The van der Waals surface area contributed by atoms with Crippen molar-refractivity contribution in [3.05, 3.63) is 0 Å². The molecule has 1 aliphatic rings. The minimum Gasteiger partial charge on any atom is -0.346 e. The van der Waals surface area contributed by atoms with Crippen molar-refractivity contribution in [1.29, 1.82) is 0 Å². The Kier molecular flexibility index (Phi) is 2.82. The van der Waals surface area contributed by atoms with Crippen LogP contribution in [0, 0.1) is 0 Å². The Morgan fingerprint density at radius 1 is 1.50 bits per heavy atom. The number of aldehydes is 1. The van der Waals surface area contributed by atoms with Gasteiger partial charge in [-0.1, -0.05) is 15.9 Å². The highest BCUT2D eigenvalue weighted by Gasteiger charge is 2.34. The third kappa shape index (κ3) is 1.56. The van der Waals surface area contributed by atoms with Gasteiger partial charge in [0.1, 0.15) is 6.29 Å². The lowest BCUT2D eigenvalue weighted by atomic mass is 10.2. The summed E-state index contributed by atoms with van der Waals surface area (Å²) in [6.45, 7) is 1.17. The molecule has 1 heterocycles. The van der Waals surface area contributed by atoms with Gasteiger partial charge in [-0.3, -0.25) is 0 Å². The molecule has 0 unspecified atom stereocenters. The molecule has 0 aromatic rings. The predicted molar refractivity (Wildman–Crippen MR) is 39.1 cm³/mol. The molecule has 10 heavy (non-hydrogen) atoms. The van der Waals surface area contributed by atoms with Crippen LogP contribution in [0.25, 0.3) is 0 Å². The molecule has 4 heteroatoms. The van der Waals surface area contributed by atoms with E-state index in [9.17, 15) is 4.79 Å². The maximum absolute atomic E-state index is 10.1. The van der Waals surface area contributed by atoms with Gasteiger partial charge in [-0.25, -0.2) is 0 Å². The third-order valence-corrected chi connectivity index (χ3v) is 2.27. The Morgan fingerprint density at radius 2 is 2.10 bits per heavy atom. The molecular weight excluding hydrogens is 200 g/mol. The van der Waals surface area contributed by atoms with Crippen LogP contribution in [0.15, 0.2) is 0 Å². The number of rotatable bonds is 3. The summed E-state index contributed by atoms with van der Waals surface area (Å²) in [5, 5.41) is 0.554. The van der Waals surface area contributed by atoms with Gasteiger partial charge in [0.2, 0.25) is 0 Å². The van der Waals surface area contributed by atoms with E-state index in [2.05, 4.69) is 15.9 Å². The van der Waals surface area contributed by atoms with Crippen LogP contribution < -0.4 is 0 Å². The van der Waals surface area contributed by atoms with Gasteiger partial charge in [0.15, 0.2) is 5.79 Å². The molecular formula is C6H9BrO3. The Morgan fingerprint density at radius 3 is 2.50 bits per heavy atom. The summed E-state index contributed by atoms with van der Waals surface area (Å²) in [7, 11) is 0. The predicted octanol–water partition coefficient (Wildman–Crippen LogP) is 0.713. The molecule has 3 nitrogen and oxygen atoms in total. The monoisotopic (exact) mass is 208 g/mol. The zero-order valence-corrected chi connectivity index (χ0v) is 7.09. The molecule has 0 aromatic carbocycles. The first-order valence-corrected chi connectivity index (χ1v) is 4.23. The van der Waals surface area contributed by atoms with Crippen molar-refractivity contribution in [3.63, 3.8) is 0 Å². The number of carbonyl (C=O) groups is 1. The molecule has 58 valence electrons. The van der Waals surface area contributed by atoms with Gasteiger partial charge < -0.3 is 14.3 Å². The lowest BCUT2D eigenvalue weighted by Crippen LogP contribution is -2.32. The first-order valence-electron chi connectivity index (χ1n) is 3.10. The molecule has 1 saturated heterocycles. The maximum atomic E-state index is 10.1. The van der Waals surface area contributed by atoms with Crippen LogP contribution in [0.1, 0.15) is 6.42 Å². The lowest BCUT2D eigenvalue weighted by molar-refractivity contribution is -0.148. The van der Waals surface area contributed by atoms with E-state index >= 15 is 0 Å². The third-order valence-electron chi connectivity index (χ3n) is 1.41. The van der Waals surface area contributed by atoms with Crippen molar-refractivity contribution in [2.24, 2.45) is 0 Å². The van der Waals surface area contributed by atoms with Gasteiger partial charge in [-0.15, -0.1) is 0 Å². The van der Waals surface area contributed by atoms with Crippen molar-refractivity contribution in [1.82, 2.24) is 0 Å². The standard InChI is InChI=1S/C6H9BrO3/c7-5-6(1-2-8)9-3-4-10-6/h2H,1,3-5H2. The molecule has 0 atom stereocenters. The second-order valence-electron chi connectivity index (χ2n) is 2.11. The summed E-state index contributed by atoms with van der Waals surface area (Å²) in [5.41, 5.74) is 0. The van der Waals surface area contributed by atoms with Crippen molar-refractivity contribution >= 4 is 22.2 Å². The van der Waals surface area contributed by atoms with E-state index in [-0.39, 0.29) is 0 Å². The molecule has 1 rings (SSSR count). The number of alkyl halides is 1. The number of ether oxygens (including phenoxy) is 2. The Bertz CT molecular complexity index is 120. The minimum atomic E-state index is -0.665. The van der Waals surface area contributed by atoms with Gasteiger partial charge in [-0.2, -0.15) is 0 Å². The van der Waals surface area contributed by atoms with Crippen LogP contribution in [0.3, 0.4) is 0 Å². The fraction of sp³-hybridized carbons (Fsp3) is 0.833. The molecule has 0 saturated carbocycles. The second kappa shape index (κ2) is 3.46. The fourth-order valence-electron chi connectivity index (χ4n) is 0.874. The number of carbonyl (C=O) groups excluding carboxylic acids is 1. The van der Waals surface area contributed by atoms with Gasteiger partial charge in [-0.05, 0) is 0 Å². The topological polar surface area (TPSA) is 35.5 Å². The molecule has 0 aromatic heterocycles. The first-order chi connectivity index (χ1) is 4.83. The van der Waals surface area contributed by atoms with Crippen molar-refractivity contribution < 1.29 is 14.3 Å². The highest BCUT2D eigenvalue weighted by atomic mass is 79.9. The van der Waals surface area contributed by atoms with Crippen LogP contribution in [0.5, 0.6) is 0 Å². The lowest BCUT2D eigenvalue weighted by Gasteiger charge is -2.21. The van der Waals surface area contributed by atoms with E-state index in [0.29, 0.717) is 25.0 Å². The highest BCUT2D eigenvalue weighted by Crippen LogP contribution is 2.24. The molecule has 0 bridgehead atoms. The van der Waals surface area contributed by atoms with Crippen LogP contribution in [-0.4, -0.2) is 30.6 Å². The Labute approximate surface area is 67.8 Å². The summed E-state index contributed by atoms with van der Waals surface area (Å²) < 4.78 is 10.5. The van der Waals surface area contributed by atoms with Gasteiger partial charge in [0.05, 0.1) is 25.0 Å². The van der Waals surface area contributed by atoms with Crippen molar-refractivity contribution in [2.75, 3.05) is 18.5 Å². The van der Waals surface area contributed by atoms with E-state index in [1.54, 1.807) is 0 Å². The molecule has 0 amide bonds. The smallest absolute Gasteiger partial charge is 0.184 e. The van der Waals surface area contributed by atoms with Crippen LogP contribution in [0.4, 0.5) is 0 Å². The summed E-state index contributed by atoms with van der Waals surface area (Å²) >= 11 is 3.23. The fourth-order valence-corrected chi connectivity index (χ4v) is 1.43.